The molecular formula is C12H17NO4. The summed E-state index contributed by atoms with van der Waals surface area (Å²) in [6.45, 7) is 5.44. The maximum Gasteiger partial charge on any atom is 0.332 e. The van der Waals surface area contributed by atoms with Crippen molar-refractivity contribution in [1.82, 2.24) is 4.98 Å². The van der Waals surface area contributed by atoms with Crippen LogP contribution in [0.25, 0.3) is 0 Å². The molecule has 1 rings (SSSR count). The number of nitrogens with zero attached hydrogens (tertiary/aromatic N) is 1. The van der Waals surface area contributed by atoms with Crippen LogP contribution in [0.4, 0.5) is 0 Å². The van der Waals surface area contributed by atoms with E-state index in [4.69, 9.17) is 14.6 Å². The van der Waals surface area contributed by atoms with Gasteiger partial charge in [0.25, 0.3) is 0 Å². The van der Waals surface area contributed by atoms with Crippen molar-refractivity contribution >= 4 is 5.97 Å². The van der Waals surface area contributed by atoms with E-state index in [1.165, 1.54) is 6.92 Å². The minimum Gasteiger partial charge on any atom is -0.496 e. The Balaban J connectivity index is 2.82. The number of pyridine rings is 1. The van der Waals surface area contributed by atoms with Crippen LogP contribution >= 0.6 is 0 Å². The monoisotopic (exact) mass is 239 g/mol. The molecule has 0 amide bonds. The summed E-state index contributed by atoms with van der Waals surface area (Å²) in [4.78, 5) is 14.8. The predicted molar refractivity (Wildman–Crippen MR) is 62.1 cm³/mol. The molecular weight excluding hydrogens is 222 g/mol. The van der Waals surface area contributed by atoms with Gasteiger partial charge < -0.3 is 14.6 Å². The van der Waals surface area contributed by atoms with Crippen molar-refractivity contribution in [3.8, 4) is 5.75 Å². The highest BCUT2D eigenvalue weighted by Crippen LogP contribution is 2.24. The summed E-state index contributed by atoms with van der Waals surface area (Å²) in [6, 6.07) is 0. The van der Waals surface area contributed by atoms with Crippen LogP contribution in [-0.2, 0) is 16.1 Å². The lowest BCUT2D eigenvalue weighted by Crippen LogP contribution is -2.20. The number of carbonyl (C=O) groups is 1. The molecule has 0 saturated carbocycles. The zero-order chi connectivity index (χ0) is 13.0. The summed E-state index contributed by atoms with van der Waals surface area (Å²) in [7, 11) is 1.60. The molecule has 0 saturated heterocycles. The van der Waals surface area contributed by atoms with Gasteiger partial charge in [0.2, 0.25) is 0 Å². The molecule has 0 aliphatic carbocycles. The highest BCUT2D eigenvalue weighted by molar-refractivity contribution is 5.71. The van der Waals surface area contributed by atoms with Crippen LogP contribution in [0.3, 0.4) is 0 Å². The van der Waals surface area contributed by atoms with Gasteiger partial charge in [-0.3, -0.25) is 4.98 Å². The van der Waals surface area contributed by atoms with E-state index in [9.17, 15) is 4.79 Å². The van der Waals surface area contributed by atoms with Crippen molar-refractivity contribution < 1.29 is 19.4 Å². The molecule has 0 bridgehead atoms. The molecule has 0 aliphatic rings. The number of hydrogen-bond donors (Lipinski definition) is 1. The fourth-order valence-electron chi connectivity index (χ4n) is 1.49. The predicted octanol–water partition coefficient (Wildman–Crippen LogP) is 1.70. The molecule has 1 atom stereocenters. The third kappa shape index (κ3) is 3.17. The molecule has 0 aliphatic heterocycles. The van der Waals surface area contributed by atoms with Gasteiger partial charge in [-0.25, -0.2) is 4.79 Å². The Hall–Kier alpha value is -1.62. The van der Waals surface area contributed by atoms with Gasteiger partial charge in [0.1, 0.15) is 5.75 Å². The van der Waals surface area contributed by atoms with Gasteiger partial charge in [-0.15, -0.1) is 0 Å². The molecule has 94 valence electrons. The number of carboxylic acids is 1. The molecule has 0 aromatic carbocycles. The van der Waals surface area contributed by atoms with Gasteiger partial charge in [0, 0.05) is 17.3 Å². The minimum absolute atomic E-state index is 0.163. The van der Waals surface area contributed by atoms with Gasteiger partial charge >= 0.3 is 5.97 Å². The van der Waals surface area contributed by atoms with Gasteiger partial charge in [0.05, 0.1) is 19.4 Å². The highest BCUT2D eigenvalue weighted by Gasteiger charge is 2.14. The van der Waals surface area contributed by atoms with Crippen LogP contribution in [0.1, 0.15) is 23.7 Å². The second kappa shape index (κ2) is 5.63. The number of hydrogen-bond acceptors (Lipinski definition) is 4. The minimum atomic E-state index is -0.985. The highest BCUT2D eigenvalue weighted by atomic mass is 16.5. The normalized spacial score (nSPS) is 12.2. The zero-order valence-corrected chi connectivity index (χ0v) is 10.5. The topological polar surface area (TPSA) is 68.7 Å². The van der Waals surface area contributed by atoms with Crippen LogP contribution in [-0.4, -0.2) is 29.3 Å². The van der Waals surface area contributed by atoms with E-state index in [2.05, 4.69) is 4.98 Å². The van der Waals surface area contributed by atoms with Crippen molar-refractivity contribution in [2.24, 2.45) is 0 Å². The van der Waals surface area contributed by atoms with E-state index in [0.717, 1.165) is 16.9 Å². The number of aliphatic carboxylic acids is 1. The Morgan fingerprint density at radius 1 is 1.53 bits per heavy atom. The molecule has 1 N–H and O–H groups in total. The van der Waals surface area contributed by atoms with Crippen molar-refractivity contribution in [2.45, 2.75) is 33.5 Å². The Labute approximate surface area is 100 Å². The standard InChI is InChI=1S/C12H17NO4/c1-7-5-13-10(8(2)11(7)16-4)6-17-9(3)12(14)15/h5,9H,6H2,1-4H3,(H,14,15)/t9-/m1/s1. The summed E-state index contributed by atoms with van der Waals surface area (Å²) in [5, 5.41) is 8.70. The first-order valence-corrected chi connectivity index (χ1v) is 5.30. The van der Waals surface area contributed by atoms with Crippen LogP contribution in [0.5, 0.6) is 5.75 Å². The first-order chi connectivity index (χ1) is 7.97. The Morgan fingerprint density at radius 2 is 2.18 bits per heavy atom. The van der Waals surface area contributed by atoms with Crippen LogP contribution in [0, 0.1) is 13.8 Å². The average Bonchev–Trinajstić information content (AvgIpc) is 2.28. The Morgan fingerprint density at radius 3 is 2.71 bits per heavy atom. The van der Waals surface area contributed by atoms with E-state index in [0.29, 0.717) is 5.69 Å². The summed E-state index contributed by atoms with van der Waals surface area (Å²) in [5.41, 5.74) is 2.52. The molecule has 1 heterocycles. The fraction of sp³-hybridized carbons (Fsp3) is 0.500. The Kier molecular flexibility index (Phi) is 4.45. The summed E-state index contributed by atoms with van der Waals surface area (Å²) < 4.78 is 10.5. The second-order valence-corrected chi connectivity index (χ2v) is 3.84. The van der Waals surface area contributed by atoms with Crippen molar-refractivity contribution in [3.63, 3.8) is 0 Å². The smallest absolute Gasteiger partial charge is 0.332 e. The number of aryl methyl sites for hydroxylation is 1. The molecule has 5 nitrogen and oxygen atoms in total. The molecule has 5 heteroatoms. The van der Waals surface area contributed by atoms with E-state index in [1.54, 1.807) is 13.3 Å². The number of ether oxygens (including phenoxy) is 2. The lowest BCUT2D eigenvalue weighted by atomic mass is 10.1. The van der Waals surface area contributed by atoms with Gasteiger partial charge in [-0.2, -0.15) is 0 Å². The maximum atomic E-state index is 10.6. The van der Waals surface area contributed by atoms with Crippen LogP contribution in [0.15, 0.2) is 6.20 Å². The summed E-state index contributed by atoms with van der Waals surface area (Å²) in [5.74, 6) is -0.219. The molecule has 1 aromatic rings. The average molecular weight is 239 g/mol. The van der Waals surface area contributed by atoms with Gasteiger partial charge in [-0.1, -0.05) is 0 Å². The quantitative estimate of drug-likeness (QED) is 0.846. The molecule has 17 heavy (non-hydrogen) atoms. The van der Waals surface area contributed by atoms with Gasteiger partial charge in [-0.05, 0) is 20.8 Å². The summed E-state index contributed by atoms with van der Waals surface area (Å²) >= 11 is 0. The first-order valence-electron chi connectivity index (χ1n) is 5.30. The van der Waals surface area contributed by atoms with E-state index in [1.807, 2.05) is 13.8 Å². The molecule has 1 aromatic heterocycles. The molecule has 0 fully saturated rings. The number of aromatic nitrogens is 1. The van der Waals surface area contributed by atoms with Crippen molar-refractivity contribution in [3.05, 3.63) is 23.0 Å². The molecule has 0 radical (unpaired) electrons. The van der Waals surface area contributed by atoms with Crippen LogP contribution in [0.2, 0.25) is 0 Å². The number of rotatable bonds is 5. The number of methoxy groups -OCH3 is 1. The third-order valence-electron chi connectivity index (χ3n) is 2.57. The van der Waals surface area contributed by atoms with Crippen molar-refractivity contribution in [1.29, 1.82) is 0 Å². The zero-order valence-electron chi connectivity index (χ0n) is 10.5. The number of carboxylic acid groups (broad SMARTS) is 1. The fourth-order valence-corrected chi connectivity index (χ4v) is 1.49. The Bertz CT molecular complexity index is 417. The first kappa shape index (κ1) is 13.4. The lowest BCUT2D eigenvalue weighted by molar-refractivity contribution is -0.149. The van der Waals surface area contributed by atoms with E-state index >= 15 is 0 Å². The van der Waals surface area contributed by atoms with Gasteiger partial charge in [0.15, 0.2) is 6.10 Å². The van der Waals surface area contributed by atoms with Crippen LogP contribution < -0.4 is 4.74 Å². The lowest BCUT2D eigenvalue weighted by Gasteiger charge is -2.13. The molecule has 0 spiro atoms. The van der Waals surface area contributed by atoms with Crippen molar-refractivity contribution in [2.75, 3.05) is 7.11 Å². The van der Waals surface area contributed by atoms with E-state index < -0.39 is 12.1 Å². The SMILES string of the molecule is COc1c(C)cnc(CO[C@H](C)C(=O)O)c1C. The molecule has 0 unspecified atom stereocenters. The third-order valence-corrected chi connectivity index (χ3v) is 2.57. The maximum absolute atomic E-state index is 10.6. The van der Waals surface area contributed by atoms with E-state index in [-0.39, 0.29) is 6.61 Å². The largest absolute Gasteiger partial charge is 0.496 e. The second-order valence-electron chi connectivity index (χ2n) is 3.84. The summed E-state index contributed by atoms with van der Waals surface area (Å²) in [6.07, 6.45) is 0.846.